The summed E-state index contributed by atoms with van der Waals surface area (Å²) in [5.41, 5.74) is 8.50. The minimum Gasteiger partial charge on any atom is -0.384 e. The summed E-state index contributed by atoms with van der Waals surface area (Å²) in [5, 5.41) is 0. The minimum atomic E-state index is 0.456. The van der Waals surface area contributed by atoms with Crippen LogP contribution in [0.2, 0.25) is 0 Å². The SMILES string of the molecule is Nc1cc(-c2ncccc2CN2CCOCC2)ncn1. The van der Waals surface area contributed by atoms with E-state index in [2.05, 4.69) is 25.9 Å². The van der Waals surface area contributed by atoms with E-state index in [0.717, 1.165) is 49.8 Å². The lowest BCUT2D eigenvalue weighted by molar-refractivity contribution is 0.0342. The lowest BCUT2D eigenvalue weighted by atomic mass is 10.1. The fourth-order valence-electron chi connectivity index (χ4n) is 2.30. The fourth-order valence-corrected chi connectivity index (χ4v) is 2.30. The summed E-state index contributed by atoms with van der Waals surface area (Å²) < 4.78 is 5.37. The van der Waals surface area contributed by atoms with Crippen molar-refractivity contribution in [2.45, 2.75) is 6.54 Å². The van der Waals surface area contributed by atoms with E-state index < -0.39 is 0 Å². The molecule has 0 aromatic carbocycles. The highest BCUT2D eigenvalue weighted by Gasteiger charge is 2.14. The Morgan fingerprint density at radius 2 is 2.05 bits per heavy atom. The number of ether oxygens (including phenoxy) is 1. The van der Waals surface area contributed by atoms with Crippen LogP contribution in [0.25, 0.3) is 11.4 Å². The number of hydrogen-bond acceptors (Lipinski definition) is 6. The highest BCUT2D eigenvalue weighted by atomic mass is 16.5. The summed E-state index contributed by atoms with van der Waals surface area (Å²) in [6.07, 6.45) is 3.24. The van der Waals surface area contributed by atoms with Crippen molar-refractivity contribution in [3.63, 3.8) is 0 Å². The highest BCUT2D eigenvalue weighted by Crippen LogP contribution is 2.21. The van der Waals surface area contributed by atoms with Crippen LogP contribution in [0.15, 0.2) is 30.7 Å². The van der Waals surface area contributed by atoms with Gasteiger partial charge in [-0.25, -0.2) is 9.97 Å². The minimum absolute atomic E-state index is 0.456. The molecule has 1 aliphatic rings. The van der Waals surface area contributed by atoms with E-state index in [1.807, 2.05) is 6.07 Å². The Morgan fingerprint density at radius 3 is 2.85 bits per heavy atom. The number of morpholine rings is 1. The highest BCUT2D eigenvalue weighted by molar-refractivity contribution is 5.60. The van der Waals surface area contributed by atoms with Crippen molar-refractivity contribution in [3.05, 3.63) is 36.3 Å². The number of nitrogens with two attached hydrogens (primary N) is 1. The van der Waals surface area contributed by atoms with E-state index in [1.54, 1.807) is 12.3 Å². The van der Waals surface area contributed by atoms with E-state index in [9.17, 15) is 0 Å². The molecule has 6 nitrogen and oxygen atoms in total. The van der Waals surface area contributed by atoms with Crippen molar-refractivity contribution >= 4 is 5.82 Å². The molecular formula is C14H17N5O. The van der Waals surface area contributed by atoms with Gasteiger partial charge >= 0.3 is 0 Å². The van der Waals surface area contributed by atoms with Crippen LogP contribution in [0, 0.1) is 0 Å². The third-order valence-electron chi connectivity index (χ3n) is 3.32. The summed E-state index contributed by atoms with van der Waals surface area (Å²) in [7, 11) is 0. The maximum Gasteiger partial charge on any atom is 0.127 e. The van der Waals surface area contributed by atoms with Crippen molar-refractivity contribution < 1.29 is 4.74 Å². The number of pyridine rings is 1. The topological polar surface area (TPSA) is 77.2 Å². The quantitative estimate of drug-likeness (QED) is 0.895. The molecule has 6 heteroatoms. The molecule has 3 rings (SSSR count). The van der Waals surface area contributed by atoms with Gasteiger partial charge in [-0.3, -0.25) is 9.88 Å². The Hall–Kier alpha value is -2.05. The first-order valence-electron chi connectivity index (χ1n) is 6.65. The van der Waals surface area contributed by atoms with Crippen molar-refractivity contribution in [2.75, 3.05) is 32.0 Å². The van der Waals surface area contributed by atoms with Gasteiger partial charge in [0, 0.05) is 31.9 Å². The number of hydrogen-bond donors (Lipinski definition) is 1. The van der Waals surface area contributed by atoms with Crippen LogP contribution < -0.4 is 5.73 Å². The van der Waals surface area contributed by atoms with Crippen molar-refractivity contribution in [3.8, 4) is 11.4 Å². The number of aromatic nitrogens is 3. The normalized spacial score (nSPS) is 16.2. The first-order valence-corrected chi connectivity index (χ1v) is 6.65. The maximum atomic E-state index is 5.72. The van der Waals surface area contributed by atoms with E-state index >= 15 is 0 Å². The van der Waals surface area contributed by atoms with Gasteiger partial charge in [-0.1, -0.05) is 6.07 Å². The van der Waals surface area contributed by atoms with Crippen LogP contribution in [0.3, 0.4) is 0 Å². The zero-order chi connectivity index (χ0) is 13.8. The van der Waals surface area contributed by atoms with E-state index in [-0.39, 0.29) is 0 Å². The standard InChI is InChI=1S/C14H17N5O/c15-13-8-12(17-10-18-13)14-11(2-1-3-16-14)9-19-4-6-20-7-5-19/h1-3,8,10H,4-7,9H2,(H2,15,17,18). The lowest BCUT2D eigenvalue weighted by Crippen LogP contribution is -2.35. The van der Waals surface area contributed by atoms with Gasteiger partial charge in [-0.15, -0.1) is 0 Å². The molecule has 1 aliphatic heterocycles. The second kappa shape index (κ2) is 5.94. The molecule has 2 aromatic rings. The molecule has 0 saturated carbocycles. The molecule has 0 unspecified atom stereocenters. The summed E-state index contributed by atoms with van der Waals surface area (Å²) in [4.78, 5) is 15.0. The van der Waals surface area contributed by atoms with Gasteiger partial charge in [0.25, 0.3) is 0 Å². The molecule has 20 heavy (non-hydrogen) atoms. The van der Waals surface area contributed by atoms with Gasteiger partial charge in [0.2, 0.25) is 0 Å². The summed E-state index contributed by atoms with van der Waals surface area (Å²) in [6.45, 7) is 4.31. The Bertz CT molecular complexity index is 583. The fraction of sp³-hybridized carbons (Fsp3) is 0.357. The molecule has 0 amide bonds. The first kappa shape index (κ1) is 13.0. The van der Waals surface area contributed by atoms with E-state index in [1.165, 1.54) is 6.33 Å². The molecule has 3 heterocycles. The average molecular weight is 271 g/mol. The molecule has 2 aromatic heterocycles. The molecule has 0 atom stereocenters. The molecule has 1 saturated heterocycles. The molecule has 2 N–H and O–H groups in total. The Kier molecular flexibility index (Phi) is 3.85. The average Bonchev–Trinajstić information content (AvgIpc) is 2.49. The van der Waals surface area contributed by atoms with Gasteiger partial charge in [-0.2, -0.15) is 0 Å². The zero-order valence-corrected chi connectivity index (χ0v) is 11.2. The number of anilines is 1. The van der Waals surface area contributed by atoms with E-state index in [4.69, 9.17) is 10.5 Å². The van der Waals surface area contributed by atoms with Gasteiger partial charge < -0.3 is 10.5 Å². The molecule has 0 spiro atoms. The van der Waals surface area contributed by atoms with Crippen LogP contribution in [0.5, 0.6) is 0 Å². The third kappa shape index (κ3) is 2.92. The smallest absolute Gasteiger partial charge is 0.127 e. The molecule has 1 fully saturated rings. The molecule has 0 radical (unpaired) electrons. The monoisotopic (exact) mass is 271 g/mol. The Labute approximate surface area is 117 Å². The number of nitrogen functional groups attached to an aromatic ring is 1. The molecule has 104 valence electrons. The van der Waals surface area contributed by atoms with Crippen LogP contribution in [-0.2, 0) is 11.3 Å². The summed E-state index contributed by atoms with van der Waals surface area (Å²) in [6, 6.07) is 5.78. The second-order valence-corrected chi connectivity index (χ2v) is 4.73. The summed E-state index contributed by atoms with van der Waals surface area (Å²) >= 11 is 0. The van der Waals surface area contributed by atoms with Gasteiger partial charge in [0.1, 0.15) is 12.1 Å². The second-order valence-electron chi connectivity index (χ2n) is 4.73. The predicted molar refractivity (Wildman–Crippen MR) is 75.8 cm³/mol. The zero-order valence-electron chi connectivity index (χ0n) is 11.2. The first-order chi connectivity index (χ1) is 9.83. The Balaban J connectivity index is 1.87. The van der Waals surface area contributed by atoms with Crippen molar-refractivity contribution in [1.82, 2.24) is 19.9 Å². The van der Waals surface area contributed by atoms with Crippen LogP contribution in [0.4, 0.5) is 5.82 Å². The maximum absolute atomic E-state index is 5.72. The van der Waals surface area contributed by atoms with Gasteiger partial charge in [-0.05, 0) is 11.6 Å². The third-order valence-corrected chi connectivity index (χ3v) is 3.32. The molecular weight excluding hydrogens is 254 g/mol. The largest absolute Gasteiger partial charge is 0.384 e. The predicted octanol–water partition coefficient (Wildman–Crippen LogP) is 0.953. The number of nitrogens with zero attached hydrogens (tertiary/aromatic N) is 4. The van der Waals surface area contributed by atoms with Crippen molar-refractivity contribution in [1.29, 1.82) is 0 Å². The molecule has 0 bridgehead atoms. The van der Waals surface area contributed by atoms with Gasteiger partial charge in [0.15, 0.2) is 0 Å². The summed E-state index contributed by atoms with van der Waals surface area (Å²) in [5.74, 6) is 0.456. The molecule has 0 aliphatic carbocycles. The van der Waals surface area contributed by atoms with Crippen LogP contribution in [0.1, 0.15) is 5.56 Å². The van der Waals surface area contributed by atoms with Crippen molar-refractivity contribution in [2.24, 2.45) is 0 Å². The lowest BCUT2D eigenvalue weighted by Gasteiger charge is -2.27. The van der Waals surface area contributed by atoms with Gasteiger partial charge in [0.05, 0.1) is 24.6 Å². The van der Waals surface area contributed by atoms with Crippen LogP contribution >= 0.6 is 0 Å². The van der Waals surface area contributed by atoms with Crippen LogP contribution in [-0.4, -0.2) is 46.2 Å². The Morgan fingerprint density at radius 1 is 1.20 bits per heavy atom. The number of rotatable bonds is 3. The van der Waals surface area contributed by atoms with E-state index in [0.29, 0.717) is 5.82 Å².